The molecule has 0 radical (unpaired) electrons. The number of benzene rings is 2. The fourth-order valence-corrected chi connectivity index (χ4v) is 3.66. The van der Waals surface area contributed by atoms with Gasteiger partial charge in [-0.1, -0.05) is 22.0 Å². The number of nitrogens with one attached hydrogen (secondary N) is 1. The molecule has 0 unspecified atom stereocenters. The summed E-state index contributed by atoms with van der Waals surface area (Å²) in [6, 6.07) is 10.6. The van der Waals surface area contributed by atoms with Gasteiger partial charge in [-0.05, 0) is 54.8 Å². The molecule has 1 N–H and O–H groups in total. The summed E-state index contributed by atoms with van der Waals surface area (Å²) in [5, 5.41) is 0. The van der Waals surface area contributed by atoms with Crippen molar-refractivity contribution in [2.75, 3.05) is 13.3 Å². The molecular weight excluding hydrogens is 382 g/mol. The van der Waals surface area contributed by atoms with Gasteiger partial charge in [-0.15, -0.1) is 0 Å². The van der Waals surface area contributed by atoms with Crippen molar-refractivity contribution in [1.82, 2.24) is 4.72 Å². The maximum atomic E-state index is 12.3. The Morgan fingerprint density at radius 2 is 1.91 bits per heavy atom. The van der Waals surface area contributed by atoms with E-state index in [4.69, 9.17) is 9.47 Å². The SMILES string of the molecule is Cc1cc(S(=O)(=O)NCCc2ccc3c(c2)OCO3)ccc1Br. The predicted octanol–water partition coefficient (Wildman–Crippen LogP) is 3.01. The first-order valence-corrected chi connectivity index (χ1v) is 9.38. The van der Waals surface area contributed by atoms with Gasteiger partial charge in [0.1, 0.15) is 0 Å². The van der Waals surface area contributed by atoms with Gasteiger partial charge in [0.2, 0.25) is 16.8 Å². The van der Waals surface area contributed by atoms with Crippen molar-refractivity contribution >= 4 is 26.0 Å². The van der Waals surface area contributed by atoms with Gasteiger partial charge >= 0.3 is 0 Å². The van der Waals surface area contributed by atoms with Gasteiger partial charge < -0.3 is 9.47 Å². The first kappa shape index (κ1) is 16.3. The Hall–Kier alpha value is -1.57. The monoisotopic (exact) mass is 397 g/mol. The first-order chi connectivity index (χ1) is 11.0. The molecule has 1 aliphatic heterocycles. The van der Waals surface area contributed by atoms with Gasteiger partial charge in [0.05, 0.1) is 4.90 Å². The minimum absolute atomic E-state index is 0.230. The quantitative estimate of drug-likeness (QED) is 0.841. The first-order valence-electron chi connectivity index (χ1n) is 7.10. The molecule has 0 aliphatic carbocycles. The summed E-state index contributed by atoms with van der Waals surface area (Å²) in [5.74, 6) is 1.42. The number of sulfonamides is 1. The van der Waals surface area contributed by atoms with Crippen molar-refractivity contribution in [3.63, 3.8) is 0 Å². The van der Waals surface area contributed by atoms with Gasteiger partial charge in [0, 0.05) is 11.0 Å². The lowest BCUT2D eigenvalue weighted by Crippen LogP contribution is -2.26. The van der Waals surface area contributed by atoms with Crippen molar-refractivity contribution in [2.24, 2.45) is 0 Å². The van der Waals surface area contributed by atoms with Crippen molar-refractivity contribution < 1.29 is 17.9 Å². The van der Waals surface area contributed by atoms with Crippen LogP contribution < -0.4 is 14.2 Å². The number of hydrogen-bond donors (Lipinski definition) is 1. The van der Waals surface area contributed by atoms with E-state index in [0.717, 1.165) is 21.3 Å². The topological polar surface area (TPSA) is 64.6 Å². The summed E-state index contributed by atoms with van der Waals surface area (Å²) < 4.78 is 38.7. The summed E-state index contributed by atoms with van der Waals surface area (Å²) >= 11 is 3.37. The second kappa shape index (κ2) is 6.51. The van der Waals surface area contributed by atoms with Gasteiger partial charge in [0.15, 0.2) is 11.5 Å². The lowest BCUT2D eigenvalue weighted by molar-refractivity contribution is 0.174. The Bertz CT molecular complexity index is 836. The van der Waals surface area contributed by atoms with E-state index in [1.54, 1.807) is 18.2 Å². The predicted molar refractivity (Wildman–Crippen MR) is 90.3 cm³/mol. The van der Waals surface area contributed by atoms with Crippen LogP contribution in [0, 0.1) is 6.92 Å². The van der Waals surface area contributed by atoms with Gasteiger partial charge in [-0.3, -0.25) is 0 Å². The van der Waals surface area contributed by atoms with Crippen molar-refractivity contribution in [3.05, 3.63) is 52.0 Å². The molecular formula is C16H16BrNO4S. The summed E-state index contributed by atoms with van der Waals surface area (Å²) in [5.41, 5.74) is 1.87. The average molecular weight is 398 g/mol. The zero-order valence-electron chi connectivity index (χ0n) is 12.5. The van der Waals surface area contributed by atoms with E-state index in [2.05, 4.69) is 20.7 Å². The molecule has 5 nitrogen and oxygen atoms in total. The zero-order valence-corrected chi connectivity index (χ0v) is 14.9. The fourth-order valence-electron chi connectivity index (χ4n) is 2.29. The maximum Gasteiger partial charge on any atom is 0.240 e. The summed E-state index contributed by atoms with van der Waals surface area (Å²) in [6.07, 6.45) is 0.575. The molecule has 7 heteroatoms. The molecule has 3 rings (SSSR count). The zero-order chi connectivity index (χ0) is 16.4. The van der Waals surface area contributed by atoms with Crippen LogP contribution in [0.3, 0.4) is 0 Å². The van der Waals surface area contributed by atoms with Crippen LogP contribution in [0.4, 0.5) is 0 Å². The van der Waals surface area contributed by atoms with Crippen LogP contribution in [0.2, 0.25) is 0 Å². The normalized spacial score (nSPS) is 13.3. The Labute approximate surface area is 143 Å². The number of ether oxygens (including phenoxy) is 2. The smallest absolute Gasteiger partial charge is 0.240 e. The minimum Gasteiger partial charge on any atom is -0.454 e. The van der Waals surface area contributed by atoms with Crippen molar-refractivity contribution in [3.8, 4) is 11.5 Å². The second-order valence-electron chi connectivity index (χ2n) is 5.25. The van der Waals surface area contributed by atoms with Crippen molar-refractivity contribution in [2.45, 2.75) is 18.2 Å². The molecule has 0 amide bonds. The largest absolute Gasteiger partial charge is 0.454 e. The number of hydrogen-bond acceptors (Lipinski definition) is 4. The van der Waals surface area contributed by atoms with E-state index in [9.17, 15) is 8.42 Å². The molecule has 0 aromatic heterocycles. The average Bonchev–Trinajstić information content (AvgIpc) is 2.97. The van der Waals surface area contributed by atoms with E-state index in [1.807, 2.05) is 25.1 Å². The fraction of sp³-hybridized carbons (Fsp3) is 0.250. The molecule has 0 fully saturated rings. The summed E-state index contributed by atoms with van der Waals surface area (Å²) in [4.78, 5) is 0.267. The van der Waals surface area contributed by atoms with Crippen LogP contribution in [-0.2, 0) is 16.4 Å². The lowest BCUT2D eigenvalue weighted by Gasteiger charge is -2.08. The van der Waals surface area contributed by atoms with E-state index >= 15 is 0 Å². The van der Waals surface area contributed by atoms with Crippen LogP contribution in [0.5, 0.6) is 11.5 Å². The Kier molecular flexibility index (Phi) is 4.61. The van der Waals surface area contributed by atoms with Crippen LogP contribution >= 0.6 is 15.9 Å². The highest BCUT2D eigenvalue weighted by molar-refractivity contribution is 9.10. The van der Waals surface area contributed by atoms with Crippen LogP contribution in [0.25, 0.3) is 0 Å². The Balaban J connectivity index is 1.64. The highest BCUT2D eigenvalue weighted by atomic mass is 79.9. The van der Waals surface area contributed by atoms with Crippen LogP contribution in [0.15, 0.2) is 45.8 Å². The summed E-state index contributed by atoms with van der Waals surface area (Å²) in [6.45, 7) is 2.40. The lowest BCUT2D eigenvalue weighted by atomic mass is 10.1. The molecule has 2 aromatic rings. The molecule has 1 aliphatic rings. The molecule has 23 heavy (non-hydrogen) atoms. The number of aryl methyl sites for hydroxylation is 1. The molecule has 1 heterocycles. The minimum atomic E-state index is -3.51. The Morgan fingerprint density at radius 3 is 2.70 bits per heavy atom. The molecule has 0 saturated carbocycles. The van der Waals surface area contributed by atoms with Gasteiger partial charge in [0.25, 0.3) is 0 Å². The van der Waals surface area contributed by atoms with Crippen LogP contribution in [0.1, 0.15) is 11.1 Å². The molecule has 0 bridgehead atoms. The van der Waals surface area contributed by atoms with Crippen molar-refractivity contribution in [1.29, 1.82) is 0 Å². The number of halogens is 1. The molecule has 0 spiro atoms. The van der Waals surface area contributed by atoms with E-state index in [1.165, 1.54) is 0 Å². The third-order valence-corrected chi connectivity index (χ3v) is 5.93. The van der Waals surface area contributed by atoms with Gasteiger partial charge in [-0.2, -0.15) is 0 Å². The highest BCUT2D eigenvalue weighted by Gasteiger charge is 2.16. The standard InChI is InChI=1S/C16H16BrNO4S/c1-11-8-13(3-4-14(11)17)23(19,20)18-7-6-12-2-5-15-16(9-12)22-10-21-15/h2-5,8-9,18H,6-7,10H2,1H3. The van der Waals surface area contributed by atoms with E-state index < -0.39 is 10.0 Å². The van der Waals surface area contributed by atoms with E-state index in [-0.39, 0.29) is 11.7 Å². The molecule has 0 saturated heterocycles. The van der Waals surface area contributed by atoms with Gasteiger partial charge in [-0.25, -0.2) is 13.1 Å². The Morgan fingerprint density at radius 1 is 1.13 bits per heavy atom. The van der Waals surface area contributed by atoms with E-state index in [0.29, 0.717) is 18.7 Å². The number of fused-ring (bicyclic) bond motifs is 1. The highest BCUT2D eigenvalue weighted by Crippen LogP contribution is 2.32. The molecule has 0 atom stereocenters. The summed E-state index contributed by atoms with van der Waals surface area (Å²) in [7, 11) is -3.51. The molecule has 2 aromatic carbocycles. The van der Waals surface area contributed by atoms with Crippen LogP contribution in [-0.4, -0.2) is 21.8 Å². The third-order valence-electron chi connectivity index (χ3n) is 3.58. The second-order valence-corrected chi connectivity index (χ2v) is 7.87. The number of rotatable bonds is 5. The molecule has 122 valence electrons. The third kappa shape index (κ3) is 3.68. The maximum absolute atomic E-state index is 12.3.